The van der Waals surface area contributed by atoms with Gasteiger partial charge in [0.2, 0.25) is 0 Å². The second kappa shape index (κ2) is 14.2. The third-order valence-corrected chi connectivity index (χ3v) is 10.8. The van der Waals surface area contributed by atoms with Crippen molar-refractivity contribution >= 4 is 0 Å². The van der Waals surface area contributed by atoms with Gasteiger partial charge in [0.15, 0.2) is 0 Å². The van der Waals surface area contributed by atoms with Crippen LogP contribution >= 0.6 is 0 Å². The highest BCUT2D eigenvalue weighted by Gasteiger charge is 2.27. The van der Waals surface area contributed by atoms with Gasteiger partial charge in [0.1, 0.15) is 0 Å². The Morgan fingerprint density at radius 3 is 0.889 bits per heavy atom. The number of rotatable bonds is 4. The summed E-state index contributed by atoms with van der Waals surface area (Å²) >= 11 is 0. The lowest BCUT2D eigenvalue weighted by atomic mass is 9.71. The van der Waals surface area contributed by atoms with Gasteiger partial charge in [-0.05, 0) is 112 Å². The molecule has 5 aliphatic rings. The topological polar surface area (TPSA) is 0 Å². The highest BCUT2D eigenvalue weighted by molar-refractivity contribution is 5.28. The second-order valence-electron chi connectivity index (χ2n) is 13.3. The first-order chi connectivity index (χ1) is 17.9. The van der Waals surface area contributed by atoms with Crippen LogP contribution < -0.4 is 0 Å². The van der Waals surface area contributed by atoms with E-state index in [1.807, 2.05) is 11.1 Å². The van der Waals surface area contributed by atoms with E-state index in [4.69, 9.17) is 0 Å². The summed E-state index contributed by atoms with van der Waals surface area (Å²) in [4.78, 5) is 0. The molecular formula is C36H56. The summed E-state index contributed by atoms with van der Waals surface area (Å²) in [5.41, 5.74) is 7.17. The number of benzene rings is 1. The van der Waals surface area contributed by atoms with Crippen molar-refractivity contribution in [3.05, 3.63) is 46.5 Å². The predicted molar refractivity (Wildman–Crippen MR) is 157 cm³/mol. The Hall–Kier alpha value is -1.04. The van der Waals surface area contributed by atoms with Crippen LogP contribution in [0.1, 0.15) is 177 Å². The molecule has 1 aromatic rings. The third-order valence-electron chi connectivity index (χ3n) is 10.8. The van der Waals surface area contributed by atoms with Crippen molar-refractivity contribution in [3.63, 3.8) is 0 Å². The van der Waals surface area contributed by atoms with Gasteiger partial charge in [0, 0.05) is 0 Å². The molecule has 0 radical (unpaired) electrons. The van der Waals surface area contributed by atoms with Crippen molar-refractivity contribution in [1.29, 1.82) is 0 Å². The van der Waals surface area contributed by atoms with Crippen LogP contribution in [0.15, 0.2) is 35.4 Å². The Kier molecular flexibility index (Phi) is 10.5. The van der Waals surface area contributed by atoms with Gasteiger partial charge >= 0.3 is 0 Å². The van der Waals surface area contributed by atoms with E-state index in [0.717, 1.165) is 23.7 Å². The third kappa shape index (κ3) is 7.29. The quantitative estimate of drug-likeness (QED) is 0.370. The van der Waals surface area contributed by atoms with Crippen LogP contribution in [-0.2, 0) is 0 Å². The molecule has 0 heteroatoms. The molecule has 0 N–H and O–H groups in total. The van der Waals surface area contributed by atoms with E-state index >= 15 is 0 Å². The highest BCUT2D eigenvalue weighted by atomic mass is 14.3. The lowest BCUT2D eigenvalue weighted by Gasteiger charge is -2.35. The van der Waals surface area contributed by atoms with Gasteiger partial charge in [-0.25, -0.2) is 0 Å². The summed E-state index contributed by atoms with van der Waals surface area (Å²) in [6.07, 6.45) is 35.4. The van der Waals surface area contributed by atoms with Gasteiger partial charge in [-0.3, -0.25) is 0 Å². The molecule has 0 amide bonds. The van der Waals surface area contributed by atoms with Gasteiger partial charge < -0.3 is 0 Å². The van der Waals surface area contributed by atoms with E-state index < -0.39 is 0 Å². The Labute approximate surface area is 224 Å². The molecule has 0 unspecified atom stereocenters. The summed E-state index contributed by atoms with van der Waals surface area (Å²) in [5.74, 6) is 3.74. The van der Waals surface area contributed by atoms with Crippen molar-refractivity contribution in [2.45, 2.75) is 166 Å². The maximum Gasteiger partial charge on any atom is -0.0162 e. The van der Waals surface area contributed by atoms with Gasteiger partial charge in [-0.1, -0.05) is 112 Å². The highest BCUT2D eigenvalue weighted by Crippen LogP contribution is 2.43. The lowest BCUT2D eigenvalue weighted by molar-refractivity contribution is 0.349. The zero-order chi connectivity index (χ0) is 24.4. The van der Waals surface area contributed by atoms with Crippen LogP contribution in [0.2, 0.25) is 0 Å². The molecule has 4 fully saturated rings. The summed E-state index contributed by atoms with van der Waals surface area (Å²) < 4.78 is 0. The molecule has 0 atom stereocenters. The first-order valence-electron chi connectivity index (χ1n) is 16.7. The average molecular weight is 489 g/mol. The molecule has 0 saturated heterocycles. The van der Waals surface area contributed by atoms with Gasteiger partial charge in [-0.15, -0.1) is 0 Å². The normalized spacial score (nSPS) is 25.9. The standard InChI is InChI=1S/C18H30.C18H26/c1-3-9-15(10-4-1)17-13-7-8-14-18(17)16-11-5-2-6-12-16;1-3-7-15(8-4-1)17-11-13-18(14-12-17)16-9-5-2-6-10-16/h15-16H,1-14H2;11-16H,1-10H2. The molecule has 0 nitrogen and oxygen atoms in total. The second-order valence-corrected chi connectivity index (χ2v) is 13.3. The zero-order valence-electron chi connectivity index (χ0n) is 23.6. The molecule has 0 bridgehead atoms. The summed E-state index contributed by atoms with van der Waals surface area (Å²) in [7, 11) is 0. The Bertz CT molecular complexity index is 707. The summed E-state index contributed by atoms with van der Waals surface area (Å²) in [6, 6.07) is 9.72. The van der Waals surface area contributed by atoms with E-state index in [9.17, 15) is 0 Å². The van der Waals surface area contributed by atoms with E-state index in [1.165, 1.54) is 154 Å². The van der Waals surface area contributed by atoms with Crippen LogP contribution in [0, 0.1) is 11.8 Å². The van der Waals surface area contributed by atoms with Crippen molar-refractivity contribution in [2.24, 2.45) is 11.8 Å². The van der Waals surface area contributed by atoms with Gasteiger partial charge in [0.25, 0.3) is 0 Å². The van der Waals surface area contributed by atoms with Crippen LogP contribution in [0.25, 0.3) is 0 Å². The van der Waals surface area contributed by atoms with Crippen LogP contribution in [0.4, 0.5) is 0 Å². The van der Waals surface area contributed by atoms with E-state index in [2.05, 4.69) is 24.3 Å². The molecule has 0 aromatic heterocycles. The molecule has 0 spiro atoms. The molecule has 0 aliphatic heterocycles. The van der Waals surface area contributed by atoms with Crippen LogP contribution in [-0.4, -0.2) is 0 Å². The first-order valence-corrected chi connectivity index (χ1v) is 16.7. The SMILES string of the molecule is C1CCC(C2=C(C3CCCCC3)CCCC2)CC1.c1cc(C2CCCCC2)ccc1C1CCCCC1. The van der Waals surface area contributed by atoms with Crippen molar-refractivity contribution in [3.8, 4) is 0 Å². The van der Waals surface area contributed by atoms with Crippen molar-refractivity contribution in [1.82, 2.24) is 0 Å². The number of hydrogen-bond acceptors (Lipinski definition) is 0. The van der Waals surface area contributed by atoms with E-state index in [-0.39, 0.29) is 0 Å². The molecule has 36 heavy (non-hydrogen) atoms. The van der Waals surface area contributed by atoms with Crippen LogP contribution in [0.3, 0.4) is 0 Å². The maximum atomic E-state index is 2.43. The minimum atomic E-state index is 0.860. The predicted octanol–water partition coefficient (Wildman–Crippen LogP) is 11.8. The van der Waals surface area contributed by atoms with E-state index in [1.54, 1.807) is 11.1 Å². The van der Waals surface area contributed by atoms with Crippen molar-refractivity contribution in [2.75, 3.05) is 0 Å². The number of allylic oxidation sites excluding steroid dienone is 2. The molecular weight excluding hydrogens is 432 g/mol. The van der Waals surface area contributed by atoms with Crippen LogP contribution in [0.5, 0.6) is 0 Å². The molecule has 4 saturated carbocycles. The van der Waals surface area contributed by atoms with E-state index in [0.29, 0.717) is 0 Å². The minimum Gasteiger partial charge on any atom is -0.0676 e. The Morgan fingerprint density at radius 2 is 0.583 bits per heavy atom. The maximum absolute atomic E-state index is 2.43. The molecule has 0 heterocycles. The smallest absolute Gasteiger partial charge is 0.0162 e. The molecule has 6 rings (SSSR count). The Balaban J connectivity index is 0.000000148. The number of hydrogen-bond donors (Lipinski definition) is 0. The fraction of sp³-hybridized carbons (Fsp3) is 0.778. The fourth-order valence-corrected chi connectivity index (χ4v) is 8.70. The summed E-state index contributed by atoms with van der Waals surface area (Å²) in [6.45, 7) is 0. The minimum absolute atomic E-state index is 0.860. The van der Waals surface area contributed by atoms with Crippen molar-refractivity contribution < 1.29 is 0 Å². The fourth-order valence-electron chi connectivity index (χ4n) is 8.70. The van der Waals surface area contributed by atoms with Gasteiger partial charge in [0.05, 0.1) is 0 Å². The first kappa shape index (κ1) is 26.6. The molecule has 5 aliphatic carbocycles. The largest absolute Gasteiger partial charge is 0.0676 e. The average Bonchev–Trinajstić information content (AvgIpc) is 2.99. The molecule has 200 valence electrons. The summed E-state index contributed by atoms with van der Waals surface area (Å²) in [5, 5.41) is 0. The zero-order valence-corrected chi connectivity index (χ0v) is 23.6. The Morgan fingerprint density at radius 1 is 0.306 bits per heavy atom. The lowest BCUT2D eigenvalue weighted by Crippen LogP contribution is -2.19. The monoisotopic (exact) mass is 488 g/mol. The van der Waals surface area contributed by atoms with Gasteiger partial charge in [-0.2, -0.15) is 0 Å². The molecule has 1 aromatic carbocycles.